The van der Waals surface area contributed by atoms with Gasteiger partial charge in [0.25, 0.3) is 0 Å². The highest BCUT2D eigenvalue weighted by Gasteiger charge is 2.25. The molecule has 1 fully saturated rings. The predicted molar refractivity (Wildman–Crippen MR) is 74.5 cm³/mol. The molecule has 1 heterocycles. The van der Waals surface area contributed by atoms with Crippen LogP contribution in [0.25, 0.3) is 0 Å². The van der Waals surface area contributed by atoms with Gasteiger partial charge in [0, 0.05) is 32.2 Å². The Morgan fingerprint density at radius 2 is 2.16 bits per heavy atom. The van der Waals surface area contributed by atoms with Gasteiger partial charge in [0.15, 0.2) is 0 Å². The van der Waals surface area contributed by atoms with Crippen LogP contribution in [0.15, 0.2) is 30.3 Å². The summed E-state index contributed by atoms with van der Waals surface area (Å²) in [4.78, 5) is 16.0. The maximum Gasteiger partial charge on any atom is 0.236 e. The van der Waals surface area contributed by atoms with Crippen LogP contribution in [0.1, 0.15) is 12.0 Å². The summed E-state index contributed by atoms with van der Waals surface area (Å²) in [5.41, 5.74) is 1.22. The van der Waals surface area contributed by atoms with Gasteiger partial charge in [-0.15, -0.1) is 0 Å². The lowest BCUT2D eigenvalue weighted by molar-refractivity contribution is -0.131. The maximum atomic E-state index is 12.1. The molecule has 1 aliphatic heterocycles. The van der Waals surface area contributed by atoms with Crippen molar-refractivity contribution in [3.63, 3.8) is 0 Å². The topological polar surface area (TPSA) is 43.8 Å². The number of likely N-dealkylation sites (tertiary alicyclic amines) is 1. The molecule has 1 amide bonds. The maximum absolute atomic E-state index is 12.1. The second-order valence-electron chi connectivity index (χ2n) is 5.33. The first-order valence-electron chi connectivity index (χ1n) is 6.80. The van der Waals surface area contributed by atoms with Crippen LogP contribution < -0.4 is 0 Å². The lowest BCUT2D eigenvalue weighted by Gasteiger charge is -2.21. The van der Waals surface area contributed by atoms with Gasteiger partial charge in [-0.25, -0.2) is 0 Å². The van der Waals surface area contributed by atoms with Crippen LogP contribution >= 0.6 is 0 Å². The van der Waals surface area contributed by atoms with Crippen LogP contribution in [-0.2, 0) is 11.3 Å². The van der Waals surface area contributed by atoms with Crippen LogP contribution in [0.3, 0.4) is 0 Å². The van der Waals surface area contributed by atoms with Crippen molar-refractivity contribution in [2.75, 3.05) is 33.3 Å². The van der Waals surface area contributed by atoms with Gasteiger partial charge in [0.2, 0.25) is 5.91 Å². The summed E-state index contributed by atoms with van der Waals surface area (Å²) in [6.07, 6.45) is 0.921. The highest BCUT2D eigenvalue weighted by atomic mass is 16.3. The average molecular weight is 262 g/mol. The molecular weight excluding hydrogens is 240 g/mol. The zero-order chi connectivity index (χ0) is 13.7. The molecule has 104 valence electrons. The third kappa shape index (κ3) is 4.04. The summed E-state index contributed by atoms with van der Waals surface area (Å²) in [5.74, 6) is 0.428. The van der Waals surface area contributed by atoms with E-state index in [2.05, 4.69) is 12.1 Å². The standard InChI is InChI=1S/C15H22N2O2/c1-16(9-13-5-3-2-4-6-13)11-15(19)17-8-7-14(10-17)12-18/h2-6,14,18H,7-12H2,1H3. The van der Waals surface area contributed by atoms with E-state index < -0.39 is 0 Å². The summed E-state index contributed by atoms with van der Waals surface area (Å²) in [7, 11) is 1.96. The first kappa shape index (κ1) is 14.0. The Kier molecular flexibility index (Phi) is 4.93. The van der Waals surface area contributed by atoms with Gasteiger partial charge >= 0.3 is 0 Å². The van der Waals surface area contributed by atoms with Crippen LogP contribution in [0.2, 0.25) is 0 Å². The molecular formula is C15H22N2O2. The van der Waals surface area contributed by atoms with Gasteiger partial charge in [0.05, 0.1) is 6.54 Å². The highest BCUT2D eigenvalue weighted by Crippen LogP contribution is 2.15. The molecule has 1 aliphatic rings. The summed E-state index contributed by atoms with van der Waals surface area (Å²) < 4.78 is 0. The number of hydrogen-bond donors (Lipinski definition) is 1. The van der Waals surface area contributed by atoms with Gasteiger partial charge in [-0.2, -0.15) is 0 Å². The van der Waals surface area contributed by atoms with Crippen LogP contribution in [0, 0.1) is 5.92 Å². The number of hydrogen-bond acceptors (Lipinski definition) is 3. The Morgan fingerprint density at radius 1 is 1.42 bits per heavy atom. The molecule has 1 aromatic carbocycles. The van der Waals surface area contributed by atoms with E-state index in [1.54, 1.807) is 0 Å². The molecule has 0 bridgehead atoms. The Hall–Kier alpha value is -1.39. The molecule has 1 N–H and O–H groups in total. The number of rotatable bonds is 5. The van der Waals surface area contributed by atoms with E-state index in [0.29, 0.717) is 13.1 Å². The highest BCUT2D eigenvalue weighted by molar-refractivity contribution is 5.78. The molecule has 4 heteroatoms. The van der Waals surface area contributed by atoms with E-state index in [1.807, 2.05) is 35.0 Å². The molecule has 2 rings (SSSR count). The number of carbonyl (C=O) groups excluding carboxylic acids is 1. The number of aliphatic hydroxyl groups excluding tert-OH is 1. The third-order valence-electron chi connectivity index (χ3n) is 3.60. The summed E-state index contributed by atoms with van der Waals surface area (Å²) in [6, 6.07) is 10.2. The van der Waals surface area contributed by atoms with Crippen LogP contribution in [0.5, 0.6) is 0 Å². The van der Waals surface area contributed by atoms with Crippen molar-refractivity contribution in [1.29, 1.82) is 0 Å². The van der Waals surface area contributed by atoms with Gasteiger partial charge in [-0.1, -0.05) is 30.3 Å². The Balaban J connectivity index is 1.79. The third-order valence-corrected chi connectivity index (χ3v) is 3.60. The molecule has 4 nitrogen and oxygen atoms in total. The van der Waals surface area contributed by atoms with Crippen molar-refractivity contribution < 1.29 is 9.90 Å². The van der Waals surface area contributed by atoms with E-state index in [0.717, 1.165) is 19.5 Å². The molecule has 0 aromatic heterocycles. The quantitative estimate of drug-likeness (QED) is 0.859. The minimum Gasteiger partial charge on any atom is -0.396 e. The number of aliphatic hydroxyl groups is 1. The fourth-order valence-corrected chi connectivity index (χ4v) is 2.49. The van der Waals surface area contributed by atoms with Gasteiger partial charge in [0.1, 0.15) is 0 Å². The smallest absolute Gasteiger partial charge is 0.236 e. The van der Waals surface area contributed by atoms with Crippen LogP contribution in [0.4, 0.5) is 0 Å². The fourth-order valence-electron chi connectivity index (χ4n) is 2.49. The number of carbonyl (C=O) groups is 1. The molecule has 1 aromatic rings. The van der Waals surface area contributed by atoms with Gasteiger partial charge in [-0.05, 0) is 19.0 Å². The minimum atomic E-state index is 0.161. The predicted octanol–water partition coefficient (Wildman–Crippen LogP) is 0.959. The number of amides is 1. The first-order valence-corrected chi connectivity index (χ1v) is 6.80. The van der Waals surface area contributed by atoms with Crippen molar-refractivity contribution >= 4 is 5.91 Å². The zero-order valence-corrected chi connectivity index (χ0v) is 11.5. The fraction of sp³-hybridized carbons (Fsp3) is 0.533. The largest absolute Gasteiger partial charge is 0.396 e. The molecule has 0 spiro atoms. The molecule has 19 heavy (non-hydrogen) atoms. The first-order chi connectivity index (χ1) is 9.19. The second kappa shape index (κ2) is 6.68. The monoisotopic (exact) mass is 262 g/mol. The Morgan fingerprint density at radius 3 is 2.79 bits per heavy atom. The SMILES string of the molecule is CN(CC(=O)N1CCC(CO)C1)Cc1ccccc1. The summed E-state index contributed by atoms with van der Waals surface area (Å²) in [5, 5.41) is 9.09. The number of likely N-dealkylation sites (N-methyl/N-ethyl adjacent to an activating group) is 1. The van der Waals surface area contributed by atoms with Gasteiger partial charge < -0.3 is 10.0 Å². The van der Waals surface area contributed by atoms with Crippen molar-refractivity contribution in [2.45, 2.75) is 13.0 Å². The van der Waals surface area contributed by atoms with E-state index in [9.17, 15) is 4.79 Å². The molecule has 1 atom stereocenters. The lowest BCUT2D eigenvalue weighted by Crippen LogP contribution is -2.37. The average Bonchev–Trinajstić information content (AvgIpc) is 2.88. The Labute approximate surface area is 114 Å². The minimum absolute atomic E-state index is 0.161. The zero-order valence-electron chi connectivity index (χ0n) is 11.5. The molecule has 1 unspecified atom stereocenters. The Bertz CT molecular complexity index is 408. The van der Waals surface area contributed by atoms with E-state index in [1.165, 1.54) is 5.56 Å². The second-order valence-corrected chi connectivity index (χ2v) is 5.33. The van der Waals surface area contributed by atoms with Crippen molar-refractivity contribution in [3.8, 4) is 0 Å². The molecule has 0 radical (unpaired) electrons. The number of nitrogens with zero attached hydrogens (tertiary/aromatic N) is 2. The van der Waals surface area contributed by atoms with Crippen LogP contribution in [-0.4, -0.2) is 54.1 Å². The van der Waals surface area contributed by atoms with Crippen molar-refractivity contribution in [1.82, 2.24) is 9.80 Å². The van der Waals surface area contributed by atoms with E-state index in [4.69, 9.17) is 5.11 Å². The lowest BCUT2D eigenvalue weighted by atomic mass is 10.1. The summed E-state index contributed by atoms with van der Waals surface area (Å²) in [6.45, 7) is 2.89. The van der Waals surface area contributed by atoms with Crippen molar-refractivity contribution in [2.24, 2.45) is 5.92 Å². The molecule has 0 saturated carbocycles. The molecule has 1 saturated heterocycles. The normalized spacial score (nSPS) is 19.1. The number of benzene rings is 1. The summed E-state index contributed by atoms with van der Waals surface area (Å²) >= 11 is 0. The van der Waals surface area contributed by atoms with Crippen molar-refractivity contribution in [3.05, 3.63) is 35.9 Å². The molecule has 0 aliphatic carbocycles. The van der Waals surface area contributed by atoms with E-state index >= 15 is 0 Å². The van der Waals surface area contributed by atoms with E-state index in [-0.39, 0.29) is 18.4 Å². The van der Waals surface area contributed by atoms with Gasteiger partial charge in [-0.3, -0.25) is 9.69 Å².